The number of amides is 1. The number of rotatable bonds is 2. The molecule has 0 aliphatic carbocycles. The van der Waals surface area contributed by atoms with E-state index in [1.54, 1.807) is 0 Å². The van der Waals surface area contributed by atoms with Crippen molar-refractivity contribution in [2.24, 2.45) is 0 Å². The number of hydrogen-bond acceptors (Lipinski definition) is 2. The van der Waals surface area contributed by atoms with E-state index in [1.807, 2.05) is 49.4 Å². The summed E-state index contributed by atoms with van der Waals surface area (Å²) in [7, 11) is 0. The second kappa shape index (κ2) is 4.18. The van der Waals surface area contributed by atoms with Gasteiger partial charge in [0.15, 0.2) is 0 Å². The smallest absolute Gasteiger partial charge is 0.255 e. The maximum atomic E-state index is 12.0. The summed E-state index contributed by atoms with van der Waals surface area (Å²) in [5.41, 5.74) is 5.08. The van der Waals surface area contributed by atoms with E-state index in [0.29, 0.717) is 5.56 Å². The monoisotopic (exact) mass is 238 g/mol. The van der Waals surface area contributed by atoms with Crippen molar-refractivity contribution in [2.75, 3.05) is 10.6 Å². The van der Waals surface area contributed by atoms with Crippen LogP contribution < -0.4 is 10.6 Å². The van der Waals surface area contributed by atoms with E-state index >= 15 is 0 Å². The fourth-order valence-corrected chi connectivity index (χ4v) is 1.98. The first-order valence-electron chi connectivity index (χ1n) is 5.97. The molecule has 18 heavy (non-hydrogen) atoms. The van der Waals surface area contributed by atoms with Crippen LogP contribution in [0.25, 0.3) is 0 Å². The Kier molecular flexibility index (Phi) is 2.52. The van der Waals surface area contributed by atoms with Gasteiger partial charge in [0.25, 0.3) is 5.91 Å². The summed E-state index contributed by atoms with van der Waals surface area (Å²) in [5, 5.41) is 6.11. The molecule has 2 aromatic carbocycles. The van der Waals surface area contributed by atoms with Crippen molar-refractivity contribution in [3.8, 4) is 0 Å². The minimum Gasteiger partial charge on any atom is -0.381 e. The molecule has 0 unspecified atom stereocenters. The number of anilines is 2. The van der Waals surface area contributed by atoms with Crippen molar-refractivity contribution < 1.29 is 4.79 Å². The molecule has 3 heteroatoms. The second-order valence-corrected chi connectivity index (χ2v) is 4.55. The zero-order valence-electron chi connectivity index (χ0n) is 10.2. The van der Waals surface area contributed by atoms with Gasteiger partial charge in [-0.1, -0.05) is 17.7 Å². The van der Waals surface area contributed by atoms with E-state index < -0.39 is 0 Å². The number of aryl methyl sites for hydroxylation is 1. The van der Waals surface area contributed by atoms with E-state index in [-0.39, 0.29) is 5.91 Å². The molecule has 3 rings (SSSR count). The SMILES string of the molecule is Cc1ccc(C(=O)Nc2ccc3c(c2)CN3)cc1. The van der Waals surface area contributed by atoms with E-state index in [9.17, 15) is 4.79 Å². The molecule has 1 heterocycles. The number of carbonyl (C=O) groups is 1. The second-order valence-electron chi connectivity index (χ2n) is 4.55. The largest absolute Gasteiger partial charge is 0.381 e. The van der Waals surface area contributed by atoms with Gasteiger partial charge in [-0.3, -0.25) is 4.79 Å². The fraction of sp³-hybridized carbons (Fsp3) is 0.133. The molecule has 0 spiro atoms. The normalized spacial score (nSPS) is 12.1. The molecule has 2 N–H and O–H groups in total. The highest BCUT2D eigenvalue weighted by Crippen LogP contribution is 2.28. The zero-order valence-corrected chi connectivity index (χ0v) is 10.2. The molecule has 1 aliphatic rings. The number of carbonyl (C=O) groups excluding carboxylic acids is 1. The van der Waals surface area contributed by atoms with Crippen molar-refractivity contribution >= 4 is 17.3 Å². The molecule has 0 saturated carbocycles. The topological polar surface area (TPSA) is 41.1 Å². The van der Waals surface area contributed by atoms with Crippen LogP contribution >= 0.6 is 0 Å². The fourth-order valence-electron chi connectivity index (χ4n) is 1.98. The van der Waals surface area contributed by atoms with Crippen molar-refractivity contribution in [3.63, 3.8) is 0 Å². The van der Waals surface area contributed by atoms with Gasteiger partial charge < -0.3 is 10.6 Å². The summed E-state index contributed by atoms with van der Waals surface area (Å²) in [4.78, 5) is 12.0. The molecule has 1 amide bonds. The van der Waals surface area contributed by atoms with Crippen molar-refractivity contribution in [3.05, 3.63) is 59.2 Å². The van der Waals surface area contributed by atoms with E-state index in [1.165, 1.54) is 5.56 Å². The van der Waals surface area contributed by atoms with Gasteiger partial charge >= 0.3 is 0 Å². The summed E-state index contributed by atoms with van der Waals surface area (Å²) in [6.45, 7) is 2.88. The third-order valence-electron chi connectivity index (χ3n) is 3.15. The first kappa shape index (κ1) is 10.8. The number of nitrogens with one attached hydrogen (secondary N) is 2. The highest BCUT2D eigenvalue weighted by molar-refractivity contribution is 6.04. The molecule has 0 atom stereocenters. The molecule has 1 aliphatic heterocycles. The molecule has 0 bridgehead atoms. The molecule has 0 radical (unpaired) electrons. The van der Waals surface area contributed by atoms with Gasteiger partial charge in [-0.15, -0.1) is 0 Å². The average molecular weight is 238 g/mol. The Hall–Kier alpha value is -2.29. The number of fused-ring (bicyclic) bond motifs is 1. The van der Waals surface area contributed by atoms with Crippen LogP contribution in [0, 0.1) is 6.92 Å². The lowest BCUT2D eigenvalue weighted by atomic mass is 10.1. The van der Waals surface area contributed by atoms with Crippen LogP contribution in [0.4, 0.5) is 11.4 Å². The maximum Gasteiger partial charge on any atom is 0.255 e. The summed E-state index contributed by atoms with van der Waals surface area (Å²) >= 11 is 0. The van der Waals surface area contributed by atoms with Crippen molar-refractivity contribution in [1.29, 1.82) is 0 Å². The van der Waals surface area contributed by atoms with Crippen LogP contribution in [0.3, 0.4) is 0 Å². The van der Waals surface area contributed by atoms with Crippen LogP contribution in [0.1, 0.15) is 21.5 Å². The van der Waals surface area contributed by atoms with Crippen molar-refractivity contribution in [1.82, 2.24) is 0 Å². The molecule has 90 valence electrons. The zero-order chi connectivity index (χ0) is 12.5. The predicted molar refractivity (Wildman–Crippen MR) is 72.9 cm³/mol. The van der Waals surface area contributed by atoms with Gasteiger partial charge in [-0.2, -0.15) is 0 Å². The van der Waals surface area contributed by atoms with Crippen LogP contribution in [0.5, 0.6) is 0 Å². The maximum absolute atomic E-state index is 12.0. The van der Waals surface area contributed by atoms with Crippen LogP contribution in [-0.4, -0.2) is 5.91 Å². The average Bonchev–Trinajstić information content (AvgIpc) is 2.33. The predicted octanol–water partition coefficient (Wildman–Crippen LogP) is 3.17. The van der Waals surface area contributed by atoms with Gasteiger partial charge in [0.2, 0.25) is 0 Å². The van der Waals surface area contributed by atoms with E-state index in [0.717, 1.165) is 23.5 Å². The highest BCUT2D eigenvalue weighted by Gasteiger charge is 2.13. The molecule has 3 nitrogen and oxygen atoms in total. The standard InChI is InChI=1S/C15H14N2O/c1-10-2-4-11(5-3-10)15(18)17-13-6-7-14-12(8-13)9-16-14/h2-8,16H,9H2,1H3,(H,17,18). The summed E-state index contributed by atoms with van der Waals surface area (Å²) in [6, 6.07) is 13.5. The Labute approximate surface area is 106 Å². The van der Waals surface area contributed by atoms with Gasteiger partial charge in [-0.25, -0.2) is 0 Å². The number of hydrogen-bond donors (Lipinski definition) is 2. The quantitative estimate of drug-likeness (QED) is 0.843. The molecule has 0 aromatic heterocycles. The van der Waals surface area contributed by atoms with Crippen LogP contribution in [-0.2, 0) is 6.54 Å². The minimum absolute atomic E-state index is 0.0674. The van der Waals surface area contributed by atoms with E-state index in [4.69, 9.17) is 0 Å². The molecule has 0 fully saturated rings. The van der Waals surface area contributed by atoms with Gasteiger partial charge in [0, 0.05) is 23.5 Å². The Bertz CT molecular complexity index is 602. The first-order valence-corrected chi connectivity index (χ1v) is 5.97. The Morgan fingerprint density at radius 1 is 1.17 bits per heavy atom. The van der Waals surface area contributed by atoms with E-state index in [2.05, 4.69) is 10.6 Å². The third-order valence-corrected chi connectivity index (χ3v) is 3.15. The lowest BCUT2D eigenvalue weighted by Crippen LogP contribution is -2.16. The summed E-state index contributed by atoms with van der Waals surface area (Å²) < 4.78 is 0. The lowest BCUT2D eigenvalue weighted by molar-refractivity contribution is 0.102. The van der Waals surface area contributed by atoms with Gasteiger partial charge in [0.1, 0.15) is 0 Å². The summed E-state index contributed by atoms with van der Waals surface area (Å²) in [6.07, 6.45) is 0. The van der Waals surface area contributed by atoms with Gasteiger partial charge in [-0.05, 0) is 42.8 Å². The molecular formula is C15H14N2O. The molecule has 2 aromatic rings. The van der Waals surface area contributed by atoms with Crippen LogP contribution in [0.15, 0.2) is 42.5 Å². The third kappa shape index (κ3) is 1.95. The summed E-state index contributed by atoms with van der Waals surface area (Å²) in [5.74, 6) is -0.0674. The Morgan fingerprint density at radius 2 is 1.94 bits per heavy atom. The van der Waals surface area contributed by atoms with Crippen molar-refractivity contribution in [2.45, 2.75) is 13.5 Å². The van der Waals surface area contributed by atoms with Gasteiger partial charge in [0.05, 0.1) is 0 Å². The highest BCUT2D eigenvalue weighted by atomic mass is 16.1. The molecular weight excluding hydrogens is 224 g/mol. The number of benzene rings is 2. The first-order chi connectivity index (χ1) is 8.72. The lowest BCUT2D eigenvalue weighted by Gasteiger charge is -2.22. The minimum atomic E-state index is -0.0674. The van der Waals surface area contributed by atoms with Crippen LogP contribution in [0.2, 0.25) is 0 Å². The Balaban J connectivity index is 1.77. The molecule has 0 saturated heterocycles. The Morgan fingerprint density at radius 3 is 2.56 bits per heavy atom.